The fraction of sp³-hybridized carbons (Fsp3) is 0.458. The minimum Gasteiger partial charge on any atom is -0.487 e. The molecule has 4 rings (SSSR count). The summed E-state index contributed by atoms with van der Waals surface area (Å²) in [5.74, 6) is 0.955. The van der Waals surface area contributed by atoms with Gasteiger partial charge in [-0.25, -0.2) is 0 Å². The van der Waals surface area contributed by atoms with E-state index in [2.05, 4.69) is 31.3 Å². The highest BCUT2D eigenvalue weighted by atomic mass is 16.5. The minimum atomic E-state index is -0.122. The smallest absolute Gasteiger partial charge is 0.252 e. The molecule has 3 nitrogen and oxygen atoms in total. The fourth-order valence-corrected chi connectivity index (χ4v) is 4.69. The van der Waals surface area contributed by atoms with E-state index in [0.717, 1.165) is 47.3 Å². The average molecular weight is 364 g/mol. The summed E-state index contributed by atoms with van der Waals surface area (Å²) in [6, 6.07) is 12.3. The largest absolute Gasteiger partial charge is 0.487 e. The molecule has 1 saturated carbocycles. The molecule has 0 saturated heterocycles. The maximum atomic E-state index is 13.1. The lowest BCUT2D eigenvalue weighted by atomic mass is 9.77. The molecular weight excluding hydrogens is 334 g/mol. The first-order valence-corrected chi connectivity index (χ1v) is 10.1. The first kappa shape index (κ1) is 18.1. The van der Waals surface area contributed by atoms with Gasteiger partial charge in [0.05, 0.1) is 6.04 Å². The summed E-state index contributed by atoms with van der Waals surface area (Å²) < 4.78 is 6.49. The Labute approximate surface area is 162 Å². The second-order valence-corrected chi connectivity index (χ2v) is 8.37. The van der Waals surface area contributed by atoms with Gasteiger partial charge in [0.2, 0.25) is 0 Å². The van der Waals surface area contributed by atoms with Gasteiger partial charge in [0.15, 0.2) is 0 Å². The highest BCUT2D eigenvalue weighted by Crippen LogP contribution is 2.46. The van der Waals surface area contributed by atoms with Crippen molar-refractivity contribution in [3.05, 3.63) is 64.2 Å². The highest BCUT2D eigenvalue weighted by Gasteiger charge is 2.42. The van der Waals surface area contributed by atoms with Gasteiger partial charge in [0, 0.05) is 17.5 Å². The van der Waals surface area contributed by atoms with Gasteiger partial charge >= 0.3 is 0 Å². The Morgan fingerprint density at radius 1 is 1.00 bits per heavy atom. The molecule has 1 atom stereocenters. The highest BCUT2D eigenvalue weighted by molar-refractivity contribution is 5.96. The molecule has 0 bridgehead atoms. The molecule has 142 valence electrons. The van der Waals surface area contributed by atoms with Crippen LogP contribution in [0, 0.1) is 20.8 Å². The third-order valence-electron chi connectivity index (χ3n) is 6.35. The predicted octanol–water partition coefficient (Wildman–Crippen LogP) is 5.57. The lowest BCUT2D eigenvalue weighted by molar-refractivity contribution is -0.00210. The van der Waals surface area contributed by atoms with Crippen LogP contribution < -0.4 is 10.1 Å². The maximum Gasteiger partial charge on any atom is 0.252 e. The van der Waals surface area contributed by atoms with Crippen molar-refractivity contribution in [3.63, 3.8) is 0 Å². The second kappa shape index (κ2) is 7.03. The molecule has 1 amide bonds. The average Bonchev–Trinajstić information content (AvgIpc) is 2.65. The van der Waals surface area contributed by atoms with Gasteiger partial charge in [-0.05, 0) is 75.3 Å². The van der Waals surface area contributed by atoms with Crippen LogP contribution >= 0.6 is 0 Å². The summed E-state index contributed by atoms with van der Waals surface area (Å²) in [6.07, 6.45) is 6.72. The Morgan fingerprint density at radius 3 is 2.48 bits per heavy atom. The predicted molar refractivity (Wildman–Crippen MR) is 108 cm³/mol. The molecule has 2 aromatic rings. The van der Waals surface area contributed by atoms with Crippen LogP contribution in [0.3, 0.4) is 0 Å². The number of rotatable bonds is 2. The van der Waals surface area contributed by atoms with Gasteiger partial charge in [-0.15, -0.1) is 0 Å². The number of nitrogens with one attached hydrogen (secondary N) is 1. The van der Waals surface area contributed by atoms with E-state index < -0.39 is 0 Å². The van der Waals surface area contributed by atoms with E-state index >= 15 is 0 Å². The van der Waals surface area contributed by atoms with E-state index in [1.54, 1.807) is 0 Å². The molecule has 3 heteroatoms. The summed E-state index contributed by atoms with van der Waals surface area (Å²) in [4.78, 5) is 13.1. The van der Waals surface area contributed by atoms with Crippen molar-refractivity contribution in [1.82, 2.24) is 5.32 Å². The van der Waals surface area contributed by atoms with Crippen LogP contribution in [0.4, 0.5) is 0 Å². The number of carbonyl (C=O) groups excluding carboxylic acids is 1. The Hall–Kier alpha value is -2.29. The fourth-order valence-electron chi connectivity index (χ4n) is 4.69. The zero-order valence-corrected chi connectivity index (χ0v) is 16.6. The number of hydrogen-bond donors (Lipinski definition) is 1. The number of fused-ring (bicyclic) bond motifs is 1. The Kier molecular flexibility index (Phi) is 4.71. The second-order valence-electron chi connectivity index (χ2n) is 8.37. The van der Waals surface area contributed by atoms with Crippen LogP contribution in [0.25, 0.3) is 0 Å². The van der Waals surface area contributed by atoms with Crippen molar-refractivity contribution >= 4 is 5.91 Å². The minimum absolute atomic E-state index is 0.00144. The molecule has 1 N–H and O–H groups in total. The monoisotopic (exact) mass is 363 g/mol. The van der Waals surface area contributed by atoms with Crippen molar-refractivity contribution in [3.8, 4) is 5.75 Å². The lowest BCUT2D eigenvalue weighted by Crippen LogP contribution is -2.46. The Balaban J connectivity index is 1.64. The third-order valence-corrected chi connectivity index (χ3v) is 6.35. The summed E-state index contributed by atoms with van der Waals surface area (Å²) in [5, 5.41) is 3.33. The van der Waals surface area contributed by atoms with Crippen LogP contribution in [-0.4, -0.2) is 11.5 Å². The van der Waals surface area contributed by atoms with Gasteiger partial charge in [-0.1, -0.05) is 30.7 Å². The van der Waals surface area contributed by atoms with Crippen molar-refractivity contribution in [2.24, 2.45) is 0 Å². The summed E-state index contributed by atoms with van der Waals surface area (Å²) in [5.41, 5.74) is 5.16. The molecule has 27 heavy (non-hydrogen) atoms. The molecule has 1 fully saturated rings. The van der Waals surface area contributed by atoms with Gasteiger partial charge in [-0.2, -0.15) is 0 Å². The van der Waals surface area contributed by atoms with E-state index in [9.17, 15) is 4.79 Å². The topological polar surface area (TPSA) is 38.3 Å². The van der Waals surface area contributed by atoms with Gasteiger partial charge in [0.25, 0.3) is 5.91 Å². The molecule has 1 heterocycles. The zero-order valence-electron chi connectivity index (χ0n) is 16.6. The number of hydrogen-bond acceptors (Lipinski definition) is 2. The van der Waals surface area contributed by atoms with Gasteiger partial charge in [0.1, 0.15) is 11.4 Å². The van der Waals surface area contributed by atoms with Crippen LogP contribution in [0.1, 0.15) is 77.2 Å². The molecule has 2 aliphatic rings. The van der Waals surface area contributed by atoms with Gasteiger partial charge in [-0.3, -0.25) is 4.79 Å². The first-order chi connectivity index (χ1) is 13.0. The van der Waals surface area contributed by atoms with Crippen LogP contribution in [0.15, 0.2) is 36.4 Å². The van der Waals surface area contributed by atoms with Crippen molar-refractivity contribution in [2.45, 2.75) is 70.9 Å². The number of carbonyl (C=O) groups is 1. The van der Waals surface area contributed by atoms with Crippen LogP contribution in [-0.2, 0) is 0 Å². The normalized spacial score (nSPS) is 20.6. The van der Waals surface area contributed by atoms with E-state index in [1.165, 1.54) is 24.8 Å². The van der Waals surface area contributed by atoms with Crippen LogP contribution in [0.5, 0.6) is 5.75 Å². The molecule has 1 unspecified atom stereocenters. The van der Waals surface area contributed by atoms with E-state index in [1.807, 2.05) is 31.2 Å². The van der Waals surface area contributed by atoms with Crippen LogP contribution in [0.2, 0.25) is 0 Å². The van der Waals surface area contributed by atoms with Crippen molar-refractivity contribution in [2.75, 3.05) is 0 Å². The van der Waals surface area contributed by atoms with Crippen molar-refractivity contribution < 1.29 is 9.53 Å². The Morgan fingerprint density at radius 2 is 1.70 bits per heavy atom. The van der Waals surface area contributed by atoms with E-state index in [0.29, 0.717) is 0 Å². The Bertz CT molecular complexity index is 865. The van der Waals surface area contributed by atoms with Crippen molar-refractivity contribution in [1.29, 1.82) is 0 Å². The number of amides is 1. The summed E-state index contributed by atoms with van der Waals surface area (Å²) in [6.45, 7) is 6.17. The molecule has 0 aromatic heterocycles. The van der Waals surface area contributed by atoms with E-state index in [-0.39, 0.29) is 17.6 Å². The SMILES string of the molecule is Cc1cc(C)c(C(=O)NC2CC3(CCCCC3)Oc3ccccc32)cc1C. The van der Waals surface area contributed by atoms with E-state index in [4.69, 9.17) is 4.74 Å². The number of benzene rings is 2. The molecule has 1 aliphatic heterocycles. The molecule has 1 spiro atoms. The zero-order chi connectivity index (χ0) is 19.0. The third kappa shape index (κ3) is 3.47. The quantitative estimate of drug-likeness (QED) is 0.757. The molecule has 2 aromatic carbocycles. The number of aryl methyl sites for hydroxylation is 3. The molecule has 0 radical (unpaired) electrons. The molecular formula is C24H29NO2. The number of para-hydroxylation sites is 1. The summed E-state index contributed by atoms with van der Waals surface area (Å²) in [7, 11) is 0. The number of ether oxygens (including phenoxy) is 1. The standard InChI is InChI=1S/C24H29NO2/c1-16-13-18(3)20(14-17(16)2)23(26)25-21-15-24(11-7-4-8-12-24)27-22-10-6-5-9-19(21)22/h5-6,9-10,13-14,21H,4,7-8,11-12,15H2,1-3H3,(H,25,26). The first-order valence-electron chi connectivity index (χ1n) is 10.1. The molecule has 1 aliphatic carbocycles. The summed E-state index contributed by atoms with van der Waals surface area (Å²) >= 11 is 0. The lowest BCUT2D eigenvalue weighted by Gasteiger charge is -2.44. The maximum absolute atomic E-state index is 13.1. The van der Waals surface area contributed by atoms with Gasteiger partial charge < -0.3 is 10.1 Å².